The van der Waals surface area contributed by atoms with E-state index in [1.54, 1.807) is 24.3 Å². The minimum absolute atomic E-state index is 0.0104. The van der Waals surface area contributed by atoms with Gasteiger partial charge in [-0.3, -0.25) is 9.59 Å². The van der Waals surface area contributed by atoms with E-state index in [4.69, 9.17) is 0 Å². The number of anilines is 2. The topological polar surface area (TPSA) is 58.2 Å². The van der Waals surface area contributed by atoms with Crippen LogP contribution in [0.4, 0.5) is 11.4 Å². The number of hydrogen-bond donors (Lipinski definition) is 2. The van der Waals surface area contributed by atoms with Gasteiger partial charge in [0.25, 0.3) is 0 Å². The molecule has 0 fully saturated rings. The van der Waals surface area contributed by atoms with Gasteiger partial charge in [-0.25, -0.2) is 0 Å². The molecule has 4 nitrogen and oxygen atoms in total. The summed E-state index contributed by atoms with van der Waals surface area (Å²) in [6, 6.07) is 13.0. The van der Waals surface area contributed by atoms with E-state index >= 15 is 0 Å². The number of para-hydroxylation sites is 1. The molecule has 1 amide bonds. The van der Waals surface area contributed by atoms with Crippen LogP contribution in [0, 0.1) is 6.92 Å². The molecular formula is C19H22N2O2. The van der Waals surface area contributed by atoms with Crippen LogP contribution in [0.15, 0.2) is 42.5 Å². The number of rotatable bonds is 6. The average Bonchev–Trinajstić information content (AvgIpc) is 2.54. The molecule has 4 heteroatoms. The second kappa shape index (κ2) is 7.58. The zero-order chi connectivity index (χ0) is 16.8. The average molecular weight is 310 g/mol. The Kier molecular flexibility index (Phi) is 5.52. The van der Waals surface area contributed by atoms with Crippen LogP contribution in [0.3, 0.4) is 0 Å². The molecule has 0 bridgehead atoms. The number of amides is 1. The summed E-state index contributed by atoms with van der Waals surface area (Å²) >= 11 is 0. The molecule has 2 N–H and O–H groups in total. The Labute approximate surface area is 136 Å². The summed E-state index contributed by atoms with van der Waals surface area (Å²) in [6.07, 6.45) is 0.915. The fraction of sp³-hybridized carbons (Fsp3) is 0.263. The molecule has 120 valence electrons. The van der Waals surface area contributed by atoms with Gasteiger partial charge in [-0.1, -0.05) is 25.1 Å². The van der Waals surface area contributed by atoms with Crippen molar-refractivity contribution in [2.75, 3.05) is 17.2 Å². The maximum atomic E-state index is 12.1. The van der Waals surface area contributed by atoms with Crippen LogP contribution in [0.1, 0.15) is 35.3 Å². The summed E-state index contributed by atoms with van der Waals surface area (Å²) in [5, 5.41) is 6.04. The van der Waals surface area contributed by atoms with E-state index in [-0.39, 0.29) is 18.2 Å². The smallest absolute Gasteiger partial charge is 0.243 e. The SMILES string of the molecule is CCc1cccc(C)c1NCC(=O)Nc1ccc(C(C)=O)cc1. The zero-order valence-electron chi connectivity index (χ0n) is 13.8. The highest BCUT2D eigenvalue weighted by molar-refractivity contribution is 5.96. The summed E-state index contributed by atoms with van der Waals surface area (Å²) in [4.78, 5) is 23.3. The van der Waals surface area contributed by atoms with Crippen LogP contribution in [0.25, 0.3) is 0 Å². The van der Waals surface area contributed by atoms with E-state index in [0.717, 1.165) is 17.7 Å². The van der Waals surface area contributed by atoms with Gasteiger partial charge in [0.15, 0.2) is 5.78 Å². The van der Waals surface area contributed by atoms with E-state index < -0.39 is 0 Å². The monoisotopic (exact) mass is 310 g/mol. The van der Waals surface area contributed by atoms with Gasteiger partial charge in [-0.15, -0.1) is 0 Å². The summed E-state index contributed by atoms with van der Waals surface area (Å²) in [6.45, 7) is 5.84. The molecule has 0 aliphatic heterocycles. The Bertz CT molecular complexity index is 706. The highest BCUT2D eigenvalue weighted by Gasteiger charge is 2.07. The third-order valence-electron chi connectivity index (χ3n) is 3.74. The summed E-state index contributed by atoms with van der Waals surface area (Å²) in [5.74, 6) is -0.109. The van der Waals surface area contributed by atoms with E-state index in [2.05, 4.69) is 23.6 Å². The van der Waals surface area contributed by atoms with Crippen LogP contribution < -0.4 is 10.6 Å². The first-order valence-electron chi connectivity index (χ1n) is 7.74. The Morgan fingerprint density at radius 1 is 1.04 bits per heavy atom. The number of hydrogen-bond acceptors (Lipinski definition) is 3. The van der Waals surface area contributed by atoms with Gasteiger partial charge in [0.1, 0.15) is 0 Å². The van der Waals surface area contributed by atoms with Gasteiger partial charge in [-0.05, 0) is 55.7 Å². The van der Waals surface area contributed by atoms with Gasteiger partial charge in [-0.2, -0.15) is 0 Å². The molecule has 0 aliphatic rings. The Morgan fingerprint density at radius 2 is 1.74 bits per heavy atom. The lowest BCUT2D eigenvalue weighted by Crippen LogP contribution is -2.22. The second-order valence-corrected chi connectivity index (χ2v) is 5.50. The lowest BCUT2D eigenvalue weighted by atomic mass is 10.1. The lowest BCUT2D eigenvalue weighted by Gasteiger charge is -2.14. The normalized spacial score (nSPS) is 10.2. The summed E-state index contributed by atoms with van der Waals surface area (Å²) in [5.41, 5.74) is 4.67. The summed E-state index contributed by atoms with van der Waals surface area (Å²) in [7, 11) is 0. The number of Topliss-reactive ketones (excluding diaryl/α,β-unsaturated/α-hetero) is 1. The fourth-order valence-electron chi connectivity index (χ4n) is 2.44. The molecule has 0 atom stereocenters. The molecule has 2 rings (SSSR count). The van der Waals surface area contributed by atoms with E-state index in [0.29, 0.717) is 11.3 Å². The quantitative estimate of drug-likeness (QED) is 0.798. The number of carbonyl (C=O) groups is 2. The number of aryl methyl sites for hydroxylation is 2. The molecule has 0 aliphatic carbocycles. The van der Waals surface area contributed by atoms with Crippen LogP contribution >= 0.6 is 0 Å². The van der Waals surface area contributed by atoms with E-state index in [9.17, 15) is 9.59 Å². The van der Waals surface area contributed by atoms with Crippen molar-refractivity contribution in [3.8, 4) is 0 Å². The van der Waals surface area contributed by atoms with E-state index in [1.165, 1.54) is 12.5 Å². The fourth-order valence-corrected chi connectivity index (χ4v) is 2.44. The molecular weight excluding hydrogens is 288 g/mol. The lowest BCUT2D eigenvalue weighted by molar-refractivity contribution is -0.114. The van der Waals surface area contributed by atoms with Crippen LogP contribution in [0.2, 0.25) is 0 Å². The second-order valence-electron chi connectivity index (χ2n) is 5.50. The van der Waals surface area contributed by atoms with Gasteiger partial charge < -0.3 is 10.6 Å². The Morgan fingerprint density at radius 3 is 2.35 bits per heavy atom. The van der Waals surface area contributed by atoms with Crippen LogP contribution in [-0.2, 0) is 11.2 Å². The summed E-state index contributed by atoms with van der Waals surface area (Å²) < 4.78 is 0. The van der Waals surface area contributed by atoms with Crippen LogP contribution in [0.5, 0.6) is 0 Å². The van der Waals surface area contributed by atoms with Crippen molar-refractivity contribution in [3.63, 3.8) is 0 Å². The van der Waals surface area contributed by atoms with Crippen molar-refractivity contribution < 1.29 is 9.59 Å². The van der Waals surface area contributed by atoms with Crippen LogP contribution in [-0.4, -0.2) is 18.2 Å². The minimum atomic E-state index is -0.120. The molecule has 23 heavy (non-hydrogen) atoms. The highest BCUT2D eigenvalue weighted by atomic mass is 16.2. The third kappa shape index (κ3) is 4.42. The maximum absolute atomic E-state index is 12.1. The zero-order valence-corrected chi connectivity index (χ0v) is 13.8. The van der Waals surface area contributed by atoms with Crippen molar-refractivity contribution in [2.24, 2.45) is 0 Å². The molecule has 0 unspecified atom stereocenters. The number of nitrogens with one attached hydrogen (secondary N) is 2. The third-order valence-corrected chi connectivity index (χ3v) is 3.74. The van der Waals surface area contributed by atoms with Gasteiger partial charge >= 0.3 is 0 Å². The number of carbonyl (C=O) groups excluding carboxylic acids is 2. The molecule has 0 radical (unpaired) electrons. The molecule has 0 aromatic heterocycles. The predicted molar refractivity (Wildman–Crippen MR) is 94.1 cm³/mol. The van der Waals surface area contributed by atoms with Crippen molar-refractivity contribution in [3.05, 3.63) is 59.2 Å². The molecule has 0 saturated heterocycles. The van der Waals surface area contributed by atoms with Crippen molar-refractivity contribution >= 4 is 23.1 Å². The van der Waals surface area contributed by atoms with E-state index in [1.807, 2.05) is 19.1 Å². The maximum Gasteiger partial charge on any atom is 0.243 e. The van der Waals surface area contributed by atoms with Gasteiger partial charge in [0.05, 0.1) is 6.54 Å². The van der Waals surface area contributed by atoms with Crippen molar-refractivity contribution in [1.82, 2.24) is 0 Å². The standard InChI is InChI=1S/C19H22N2O2/c1-4-15-7-5-6-13(2)19(15)20-12-18(23)21-17-10-8-16(9-11-17)14(3)22/h5-11,20H,4,12H2,1-3H3,(H,21,23). The highest BCUT2D eigenvalue weighted by Crippen LogP contribution is 2.20. The molecule has 0 saturated carbocycles. The molecule has 0 spiro atoms. The number of benzene rings is 2. The largest absolute Gasteiger partial charge is 0.376 e. The predicted octanol–water partition coefficient (Wildman–Crippen LogP) is 3.81. The molecule has 2 aromatic carbocycles. The van der Waals surface area contributed by atoms with Crippen molar-refractivity contribution in [1.29, 1.82) is 0 Å². The van der Waals surface area contributed by atoms with Gasteiger partial charge in [0.2, 0.25) is 5.91 Å². The molecule has 2 aromatic rings. The Balaban J connectivity index is 1.97. The first kappa shape index (κ1) is 16.7. The minimum Gasteiger partial charge on any atom is -0.376 e. The van der Waals surface area contributed by atoms with Crippen molar-refractivity contribution in [2.45, 2.75) is 27.2 Å². The number of ketones is 1. The first-order chi connectivity index (χ1) is 11.0. The van der Waals surface area contributed by atoms with Gasteiger partial charge in [0, 0.05) is 16.9 Å². The molecule has 0 heterocycles. The first-order valence-corrected chi connectivity index (χ1v) is 7.74. The Hall–Kier alpha value is -2.62.